The number of aromatic nitrogens is 2. The van der Waals surface area contributed by atoms with Gasteiger partial charge < -0.3 is 15.5 Å². The number of hydrogen-bond acceptors (Lipinski definition) is 7. The monoisotopic (exact) mass is 559 g/mol. The molecule has 0 amide bonds. The molecule has 7 nitrogen and oxygen atoms in total. The van der Waals surface area contributed by atoms with Gasteiger partial charge in [0.2, 0.25) is 5.95 Å². The normalized spacial score (nSPS) is 18.7. The van der Waals surface area contributed by atoms with Crippen molar-refractivity contribution in [2.24, 2.45) is 26.7 Å². The Balaban J connectivity index is 1.84. The van der Waals surface area contributed by atoms with Crippen molar-refractivity contribution in [3.63, 3.8) is 0 Å². The fourth-order valence-corrected chi connectivity index (χ4v) is 4.91. The van der Waals surface area contributed by atoms with Crippen LogP contribution in [-0.2, 0) is 0 Å². The molecule has 41 heavy (non-hydrogen) atoms. The summed E-state index contributed by atoms with van der Waals surface area (Å²) in [6, 6.07) is 0.207. The molecule has 2 heterocycles. The molecule has 1 aliphatic heterocycles. The molecular weight excluding hydrogens is 506 g/mol. The molecule has 1 aromatic rings. The number of aliphatic imine (C=N–C) groups is 2. The summed E-state index contributed by atoms with van der Waals surface area (Å²) < 4.78 is 0. The lowest BCUT2D eigenvalue weighted by atomic mass is 9.74. The molecular formula is C34H53N7. The maximum Gasteiger partial charge on any atom is 0.229 e. The predicted octanol–water partition coefficient (Wildman–Crippen LogP) is 8.53. The summed E-state index contributed by atoms with van der Waals surface area (Å²) in [5.41, 5.74) is 4.87. The Morgan fingerprint density at radius 3 is 2.41 bits per heavy atom. The Kier molecular flexibility index (Phi) is 11.1. The molecule has 2 aliphatic rings. The zero-order chi connectivity index (χ0) is 30.2. The summed E-state index contributed by atoms with van der Waals surface area (Å²) in [7, 11) is 1.85. The number of nitrogens with zero attached hydrogens (tertiary/aromatic N) is 5. The number of nitrogens with one attached hydrogen (secondary N) is 2. The standard InChI is InChI=1S/C34H53N7/c1-11-36-30-29(38-24(2)3)31(37-23-25(4)12-13-26(5)33(6,7)8)40-32(39-30)41-20-17-34(9,18-21-41)22-28(16-19-35-10)27-14-15-27/h11-13,16,19,23-24,27,38H,5,14-15,17-18,20-22H2,1-4,6-10H3,(H,37,39,40)/b13-12-,25-23+,28-16-,35-19?,36-11?. The average Bonchev–Trinajstić information content (AvgIpc) is 3.75. The van der Waals surface area contributed by atoms with Gasteiger partial charge in [0.25, 0.3) is 0 Å². The van der Waals surface area contributed by atoms with Crippen LogP contribution in [0.1, 0.15) is 87.5 Å². The number of hydrogen-bond donors (Lipinski definition) is 2. The summed E-state index contributed by atoms with van der Waals surface area (Å²) in [4.78, 5) is 21.1. The van der Waals surface area contributed by atoms with Gasteiger partial charge >= 0.3 is 0 Å². The van der Waals surface area contributed by atoms with Crippen molar-refractivity contribution in [2.45, 2.75) is 93.5 Å². The highest BCUT2D eigenvalue weighted by molar-refractivity contribution is 5.80. The van der Waals surface area contributed by atoms with Crippen LogP contribution in [0.2, 0.25) is 0 Å². The topological polar surface area (TPSA) is 77.8 Å². The summed E-state index contributed by atoms with van der Waals surface area (Å²) in [5.74, 6) is 2.87. The Morgan fingerprint density at radius 2 is 1.85 bits per heavy atom. The first kappa shape index (κ1) is 32.3. The number of anilines is 3. The van der Waals surface area contributed by atoms with Gasteiger partial charge in [-0.2, -0.15) is 9.97 Å². The van der Waals surface area contributed by atoms with Crippen LogP contribution in [0.5, 0.6) is 0 Å². The predicted molar refractivity (Wildman–Crippen MR) is 179 cm³/mol. The second kappa shape index (κ2) is 14.1. The minimum atomic E-state index is 0.0389. The van der Waals surface area contributed by atoms with Gasteiger partial charge in [0, 0.05) is 44.8 Å². The lowest BCUT2D eigenvalue weighted by molar-refractivity contribution is 0.241. The van der Waals surface area contributed by atoms with Crippen LogP contribution < -0.4 is 15.5 Å². The van der Waals surface area contributed by atoms with Crippen molar-refractivity contribution < 1.29 is 0 Å². The molecule has 0 aromatic carbocycles. The molecule has 2 fully saturated rings. The van der Waals surface area contributed by atoms with Crippen LogP contribution in [0.25, 0.3) is 0 Å². The second-order valence-corrected chi connectivity index (χ2v) is 13.3. The molecule has 2 N–H and O–H groups in total. The van der Waals surface area contributed by atoms with Gasteiger partial charge in [-0.25, -0.2) is 4.99 Å². The van der Waals surface area contributed by atoms with E-state index in [-0.39, 0.29) is 16.9 Å². The van der Waals surface area contributed by atoms with E-state index in [1.165, 1.54) is 12.8 Å². The van der Waals surface area contributed by atoms with Crippen LogP contribution in [0.15, 0.2) is 57.7 Å². The van der Waals surface area contributed by atoms with Gasteiger partial charge in [0.1, 0.15) is 5.69 Å². The molecule has 0 spiro atoms. The number of piperidine rings is 1. The van der Waals surface area contributed by atoms with E-state index in [1.54, 1.807) is 11.8 Å². The van der Waals surface area contributed by atoms with Crippen molar-refractivity contribution >= 4 is 35.7 Å². The van der Waals surface area contributed by atoms with Crippen LogP contribution in [0.3, 0.4) is 0 Å². The maximum atomic E-state index is 5.04. The quantitative estimate of drug-likeness (QED) is 0.198. The van der Waals surface area contributed by atoms with Gasteiger partial charge in [0.15, 0.2) is 11.6 Å². The third kappa shape index (κ3) is 9.68. The maximum absolute atomic E-state index is 5.04. The molecule has 1 saturated carbocycles. The summed E-state index contributed by atoms with van der Waals surface area (Å²) in [6.07, 6.45) is 18.2. The van der Waals surface area contributed by atoms with E-state index < -0.39 is 0 Å². The van der Waals surface area contributed by atoms with Gasteiger partial charge in [0.05, 0.1) is 0 Å². The van der Waals surface area contributed by atoms with Gasteiger partial charge in [-0.05, 0) is 93.8 Å². The van der Waals surface area contributed by atoms with E-state index in [9.17, 15) is 0 Å². The number of rotatable bonds is 12. The number of allylic oxidation sites excluding steroid dienone is 6. The highest BCUT2D eigenvalue weighted by atomic mass is 15.3. The lowest BCUT2D eigenvalue weighted by Crippen LogP contribution is -2.40. The highest BCUT2D eigenvalue weighted by Gasteiger charge is 2.36. The van der Waals surface area contributed by atoms with Crippen LogP contribution in [0.4, 0.5) is 23.3 Å². The summed E-state index contributed by atoms with van der Waals surface area (Å²) in [5, 5.41) is 6.98. The molecule has 0 bridgehead atoms. The highest BCUT2D eigenvalue weighted by Crippen LogP contribution is 2.46. The van der Waals surface area contributed by atoms with Gasteiger partial charge in [-0.15, -0.1) is 0 Å². The van der Waals surface area contributed by atoms with E-state index in [2.05, 4.69) is 98.8 Å². The van der Waals surface area contributed by atoms with Crippen LogP contribution in [-0.4, -0.2) is 48.6 Å². The minimum Gasteiger partial charge on any atom is -0.377 e. The molecule has 7 heteroatoms. The Hall–Kier alpha value is -3.22. The van der Waals surface area contributed by atoms with Crippen molar-refractivity contribution in [3.05, 3.63) is 47.7 Å². The fourth-order valence-electron chi connectivity index (χ4n) is 4.91. The first-order valence-electron chi connectivity index (χ1n) is 15.2. The smallest absolute Gasteiger partial charge is 0.229 e. The fraction of sp³-hybridized carbons (Fsp3) is 0.588. The summed E-state index contributed by atoms with van der Waals surface area (Å²) in [6.45, 7) is 23.2. The SMILES string of the molecule is C=C(/C=C\C(C)=C\Nc1nc(N2CCC(C)(C/C(=C/C=NC)C3CC3)CC2)nc(N=CC)c1NC(C)C)C(C)(C)C. The molecule has 224 valence electrons. The van der Waals surface area contributed by atoms with Crippen molar-refractivity contribution in [1.82, 2.24) is 9.97 Å². The first-order chi connectivity index (χ1) is 19.3. The molecule has 0 atom stereocenters. The largest absolute Gasteiger partial charge is 0.377 e. The first-order valence-corrected chi connectivity index (χ1v) is 15.2. The van der Waals surface area contributed by atoms with Crippen molar-refractivity contribution in [1.29, 1.82) is 0 Å². The van der Waals surface area contributed by atoms with Crippen LogP contribution in [0, 0.1) is 16.7 Å². The molecule has 1 aliphatic carbocycles. The van der Waals surface area contributed by atoms with Crippen LogP contribution >= 0.6 is 0 Å². The Labute approximate surface area is 249 Å². The molecule has 1 saturated heterocycles. The van der Waals surface area contributed by atoms with E-state index >= 15 is 0 Å². The van der Waals surface area contributed by atoms with E-state index in [1.807, 2.05) is 26.4 Å². The van der Waals surface area contributed by atoms with Crippen molar-refractivity contribution in [3.8, 4) is 0 Å². The average molecular weight is 560 g/mol. The second-order valence-electron chi connectivity index (χ2n) is 13.3. The zero-order valence-electron chi connectivity index (χ0n) is 27.0. The van der Waals surface area contributed by atoms with E-state index in [4.69, 9.17) is 9.97 Å². The summed E-state index contributed by atoms with van der Waals surface area (Å²) >= 11 is 0. The lowest BCUT2D eigenvalue weighted by Gasteiger charge is -2.40. The third-order valence-corrected chi connectivity index (χ3v) is 7.93. The zero-order valence-corrected chi connectivity index (χ0v) is 27.0. The van der Waals surface area contributed by atoms with E-state index in [0.29, 0.717) is 5.82 Å². The van der Waals surface area contributed by atoms with Gasteiger partial charge in [-0.3, -0.25) is 4.99 Å². The Morgan fingerprint density at radius 1 is 1.17 bits per heavy atom. The molecule has 0 radical (unpaired) electrons. The minimum absolute atomic E-state index is 0.0389. The molecule has 3 rings (SSSR count). The van der Waals surface area contributed by atoms with Gasteiger partial charge in [-0.1, -0.05) is 52.0 Å². The molecule has 1 aromatic heterocycles. The van der Waals surface area contributed by atoms with Crippen molar-refractivity contribution in [2.75, 3.05) is 35.7 Å². The Bertz CT molecular complexity index is 1200. The molecule has 0 unspecified atom stereocenters. The van der Waals surface area contributed by atoms with E-state index in [0.717, 1.165) is 66.9 Å². The third-order valence-electron chi connectivity index (χ3n) is 7.93.